The van der Waals surface area contributed by atoms with E-state index >= 15 is 0 Å². The molecule has 3 aromatic rings. The first kappa shape index (κ1) is 19.6. The number of aromatic nitrogens is 2. The summed E-state index contributed by atoms with van der Waals surface area (Å²) >= 11 is 5.85. The number of nitrogens with one attached hydrogen (secondary N) is 1. The Morgan fingerprint density at radius 2 is 1.76 bits per heavy atom. The van der Waals surface area contributed by atoms with E-state index in [0.717, 1.165) is 23.0 Å². The van der Waals surface area contributed by atoms with Crippen molar-refractivity contribution < 1.29 is 0 Å². The van der Waals surface area contributed by atoms with Crippen LogP contribution in [0, 0.1) is 27.7 Å². The summed E-state index contributed by atoms with van der Waals surface area (Å²) in [5.74, 6) is 0. The highest BCUT2D eigenvalue weighted by atomic mass is 32.1. The molecule has 1 fully saturated rings. The minimum absolute atomic E-state index is 0.00433. The average Bonchev–Trinajstić information content (AvgIpc) is 3.17. The Kier molecular flexibility index (Phi) is 5.17. The van der Waals surface area contributed by atoms with Gasteiger partial charge in [0.2, 0.25) is 0 Å². The predicted octanol–water partition coefficient (Wildman–Crippen LogP) is 5.31. The van der Waals surface area contributed by atoms with Gasteiger partial charge < -0.3 is 14.8 Å². The van der Waals surface area contributed by atoms with E-state index in [-0.39, 0.29) is 12.1 Å². The molecular formula is C24H28N4S. The summed E-state index contributed by atoms with van der Waals surface area (Å²) in [4.78, 5) is 6.93. The fourth-order valence-electron chi connectivity index (χ4n) is 4.65. The number of pyridine rings is 1. The van der Waals surface area contributed by atoms with Crippen LogP contribution in [0.3, 0.4) is 0 Å². The fraction of sp³-hybridized carbons (Fsp3) is 0.333. The summed E-state index contributed by atoms with van der Waals surface area (Å²) in [7, 11) is 0. The van der Waals surface area contributed by atoms with Crippen molar-refractivity contribution in [2.45, 2.75) is 53.2 Å². The zero-order valence-corrected chi connectivity index (χ0v) is 18.5. The first-order valence-corrected chi connectivity index (χ1v) is 10.6. The lowest BCUT2D eigenvalue weighted by Gasteiger charge is -2.28. The maximum absolute atomic E-state index is 5.85. The fourth-order valence-corrected chi connectivity index (χ4v) is 5.00. The minimum atomic E-state index is -0.00433. The number of rotatable bonds is 4. The van der Waals surface area contributed by atoms with Gasteiger partial charge in [0, 0.05) is 29.8 Å². The van der Waals surface area contributed by atoms with E-state index in [1.807, 2.05) is 18.3 Å². The van der Waals surface area contributed by atoms with Gasteiger partial charge in [-0.1, -0.05) is 12.1 Å². The molecule has 5 heteroatoms. The Balaban J connectivity index is 1.91. The summed E-state index contributed by atoms with van der Waals surface area (Å²) in [6, 6.07) is 15.1. The summed E-state index contributed by atoms with van der Waals surface area (Å²) in [6.45, 7) is 11.8. The van der Waals surface area contributed by atoms with Crippen LogP contribution in [0.4, 0.5) is 5.69 Å². The molecule has 0 amide bonds. The highest BCUT2D eigenvalue weighted by molar-refractivity contribution is 7.80. The van der Waals surface area contributed by atoms with Gasteiger partial charge >= 0.3 is 0 Å². The first-order valence-electron chi connectivity index (χ1n) is 10.2. The molecule has 0 aliphatic carbocycles. The molecule has 1 saturated heterocycles. The van der Waals surface area contributed by atoms with E-state index in [4.69, 9.17) is 12.2 Å². The van der Waals surface area contributed by atoms with Crippen molar-refractivity contribution in [1.82, 2.24) is 14.9 Å². The van der Waals surface area contributed by atoms with Gasteiger partial charge in [0.05, 0.1) is 17.8 Å². The molecule has 29 heavy (non-hydrogen) atoms. The number of thiocarbonyl (C=S) groups is 1. The van der Waals surface area contributed by atoms with Crippen molar-refractivity contribution in [3.05, 3.63) is 82.4 Å². The SMILES string of the molecule is CCn1c(C)cc([C@H]2[C@H](c3ccccn3)NC(=S)N2c2cc(C)cc(C)c2)c1C. The molecule has 0 unspecified atom stereocenters. The highest BCUT2D eigenvalue weighted by Gasteiger charge is 2.42. The third-order valence-corrected chi connectivity index (χ3v) is 6.14. The van der Waals surface area contributed by atoms with Gasteiger partial charge in [-0.3, -0.25) is 4.98 Å². The van der Waals surface area contributed by atoms with Gasteiger partial charge in [-0.15, -0.1) is 0 Å². The smallest absolute Gasteiger partial charge is 0.174 e. The van der Waals surface area contributed by atoms with Crippen molar-refractivity contribution in [2.24, 2.45) is 0 Å². The Morgan fingerprint density at radius 1 is 1.03 bits per heavy atom. The topological polar surface area (TPSA) is 33.1 Å². The van der Waals surface area contributed by atoms with Gasteiger partial charge in [0.1, 0.15) is 0 Å². The molecule has 3 heterocycles. The summed E-state index contributed by atoms with van der Waals surface area (Å²) in [5, 5.41) is 4.31. The Labute approximate surface area is 178 Å². The second-order valence-corrected chi connectivity index (χ2v) is 8.30. The van der Waals surface area contributed by atoms with Crippen molar-refractivity contribution in [1.29, 1.82) is 0 Å². The molecule has 1 aromatic carbocycles. The minimum Gasteiger partial charge on any atom is -0.351 e. The molecule has 0 saturated carbocycles. The monoisotopic (exact) mass is 404 g/mol. The maximum atomic E-state index is 5.85. The van der Waals surface area contributed by atoms with Crippen LogP contribution in [0.1, 0.15) is 52.8 Å². The van der Waals surface area contributed by atoms with E-state index in [1.54, 1.807) is 0 Å². The van der Waals surface area contributed by atoms with Crippen molar-refractivity contribution in [2.75, 3.05) is 4.90 Å². The second-order valence-electron chi connectivity index (χ2n) is 7.91. The molecule has 150 valence electrons. The average molecular weight is 405 g/mol. The second kappa shape index (κ2) is 7.64. The lowest BCUT2D eigenvalue weighted by Crippen LogP contribution is -2.29. The van der Waals surface area contributed by atoms with E-state index in [1.165, 1.54) is 28.1 Å². The molecular weight excluding hydrogens is 376 g/mol. The summed E-state index contributed by atoms with van der Waals surface area (Å²) in [6.07, 6.45) is 1.85. The first-order chi connectivity index (χ1) is 13.9. The van der Waals surface area contributed by atoms with Crippen LogP contribution in [-0.2, 0) is 6.54 Å². The number of benzene rings is 1. The van der Waals surface area contributed by atoms with Crippen LogP contribution in [0.15, 0.2) is 48.7 Å². The number of nitrogens with zero attached hydrogens (tertiary/aromatic N) is 3. The van der Waals surface area contributed by atoms with Gasteiger partial charge in [-0.25, -0.2) is 0 Å². The molecule has 0 bridgehead atoms. The molecule has 4 nitrogen and oxygen atoms in total. The summed E-state index contributed by atoms with van der Waals surface area (Å²) in [5.41, 5.74) is 8.47. The quantitative estimate of drug-likeness (QED) is 0.597. The molecule has 1 aliphatic rings. The zero-order valence-electron chi connectivity index (χ0n) is 17.7. The zero-order chi connectivity index (χ0) is 20.7. The van der Waals surface area contributed by atoms with Crippen molar-refractivity contribution >= 4 is 23.0 Å². The van der Waals surface area contributed by atoms with Gasteiger partial charge in [-0.05, 0) is 93.9 Å². The van der Waals surface area contributed by atoms with Gasteiger partial charge in [0.15, 0.2) is 5.11 Å². The predicted molar refractivity (Wildman–Crippen MR) is 123 cm³/mol. The molecule has 1 aliphatic heterocycles. The van der Waals surface area contributed by atoms with E-state index < -0.39 is 0 Å². The number of hydrogen-bond acceptors (Lipinski definition) is 2. The number of hydrogen-bond donors (Lipinski definition) is 1. The normalized spacial score (nSPS) is 18.9. The highest BCUT2D eigenvalue weighted by Crippen LogP contribution is 2.43. The van der Waals surface area contributed by atoms with Crippen LogP contribution < -0.4 is 10.2 Å². The number of aryl methyl sites for hydroxylation is 3. The Hall–Kier alpha value is -2.66. The van der Waals surface area contributed by atoms with Crippen LogP contribution in [0.5, 0.6) is 0 Å². The van der Waals surface area contributed by atoms with Crippen LogP contribution >= 0.6 is 12.2 Å². The third-order valence-electron chi connectivity index (χ3n) is 5.83. The van der Waals surface area contributed by atoms with E-state index in [9.17, 15) is 0 Å². The van der Waals surface area contributed by atoms with Crippen LogP contribution in [0.2, 0.25) is 0 Å². The van der Waals surface area contributed by atoms with E-state index in [2.05, 4.69) is 84.7 Å². The molecule has 1 N–H and O–H groups in total. The third kappa shape index (κ3) is 3.44. The molecule has 0 radical (unpaired) electrons. The summed E-state index contributed by atoms with van der Waals surface area (Å²) < 4.78 is 2.37. The standard InChI is InChI=1S/C24H28N4S/c1-6-27-17(4)14-20(18(27)5)23-22(21-9-7-8-10-25-21)26-24(29)28(23)19-12-15(2)11-16(3)13-19/h7-14,22-23H,6H2,1-5H3,(H,26,29)/t22-,23-/m0/s1. The van der Waals surface area contributed by atoms with Crippen molar-refractivity contribution in [3.63, 3.8) is 0 Å². The van der Waals surface area contributed by atoms with Crippen molar-refractivity contribution in [3.8, 4) is 0 Å². The Morgan fingerprint density at radius 3 is 2.34 bits per heavy atom. The maximum Gasteiger partial charge on any atom is 0.174 e. The molecule has 2 atom stereocenters. The van der Waals surface area contributed by atoms with Gasteiger partial charge in [-0.2, -0.15) is 0 Å². The molecule has 2 aromatic heterocycles. The number of anilines is 1. The van der Waals surface area contributed by atoms with Crippen LogP contribution in [-0.4, -0.2) is 14.7 Å². The van der Waals surface area contributed by atoms with E-state index in [0.29, 0.717) is 0 Å². The van der Waals surface area contributed by atoms with Crippen LogP contribution in [0.25, 0.3) is 0 Å². The van der Waals surface area contributed by atoms with Gasteiger partial charge in [0.25, 0.3) is 0 Å². The Bertz CT molecular complexity index is 1030. The largest absolute Gasteiger partial charge is 0.351 e. The lowest BCUT2D eigenvalue weighted by molar-refractivity contribution is 0.563. The lowest BCUT2D eigenvalue weighted by atomic mass is 9.96. The molecule has 0 spiro atoms. The molecule has 4 rings (SSSR count).